The average molecular weight is 319 g/mol. The minimum Gasteiger partial charge on any atom is -0.497 e. The number of Topliss-reactive ketones (excluding diaryl/α,β-unsaturated/α-hetero) is 1. The third-order valence-corrected chi connectivity index (χ3v) is 3.49. The molecule has 0 aliphatic heterocycles. The average Bonchev–Trinajstić information content (AvgIpc) is 2.50. The predicted molar refractivity (Wildman–Crippen MR) is 90.0 cm³/mol. The molecule has 1 N–H and O–H groups in total. The number of benzene rings is 1. The van der Waals surface area contributed by atoms with Gasteiger partial charge in [0.25, 0.3) is 0 Å². The molecule has 1 rings (SSSR count). The number of ketones is 1. The topological polar surface area (TPSA) is 64.6 Å². The van der Waals surface area contributed by atoms with E-state index in [4.69, 9.17) is 9.47 Å². The molecule has 5 heteroatoms. The minimum atomic E-state index is -0.641. The standard InChI is InChI=1S/C18H25NO4/c1-6-8-19-15(11-16(20)23-7-2)18(21)17-12(3)9-14(22-5)10-13(17)4/h6,9-10,15,19H,1,7-8,11H2,2-5H3. The fourth-order valence-corrected chi connectivity index (χ4v) is 2.47. The minimum absolute atomic E-state index is 0.00851. The van der Waals surface area contributed by atoms with Crippen LogP contribution < -0.4 is 10.1 Å². The number of rotatable bonds is 9. The van der Waals surface area contributed by atoms with Crippen molar-refractivity contribution in [2.75, 3.05) is 20.3 Å². The van der Waals surface area contributed by atoms with Gasteiger partial charge in [-0.15, -0.1) is 6.58 Å². The fraction of sp³-hybridized carbons (Fsp3) is 0.444. The van der Waals surface area contributed by atoms with Gasteiger partial charge in [-0.2, -0.15) is 0 Å². The molecule has 5 nitrogen and oxygen atoms in total. The molecule has 1 atom stereocenters. The maximum absolute atomic E-state index is 12.9. The summed E-state index contributed by atoms with van der Waals surface area (Å²) < 4.78 is 10.2. The Labute approximate surface area is 137 Å². The zero-order valence-corrected chi connectivity index (χ0v) is 14.3. The molecule has 1 aromatic carbocycles. The number of hydrogen-bond donors (Lipinski definition) is 1. The van der Waals surface area contributed by atoms with Crippen molar-refractivity contribution in [3.63, 3.8) is 0 Å². The fourth-order valence-electron chi connectivity index (χ4n) is 2.47. The van der Waals surface area contributed by atoms with Crippen LogP contribution in [0.25, 0.3) is 0 Å². The second kappa shape index (κ2) is 9.10. The second-order valence-corrected chi connectivity index (χ2v) is 5.26. The summed E-state index contributed by atoms with van der Waals surface area (Å²) in [6.45, 7) is 9.82. The van der Waals surface area contributed by atoms with E-state index in [0.717, 1.165) is 11.1 Å². The van der Waals surface area contributed by atoms with Gasteiger partial charge in [-0.25, -0.2) is 0 Å². The van der Waals surface area contributed by atoms with Crippen LogP contribution in [0.5, 0.6) is 5.75 Å². The molecule has 0 heterocycles. The number of carbonyl (C=O) groups is 2. The molecule has 0 radical (unpaired) electrons. The number of ether oxygens (including phenoxy) is 2. The van der Waals surface area contributed by atoms with Crippen molar-refractivity contribution in [2.24, 2.45) is 0 Å². The first-order valence-electron chi connectivity index (χ1n) is 7.63. The number of methoxy groups -OCH3 is 1. The molecule has 0 amide bonds. The lowest BCUT2D eigenvalue weighted by molar-refractivity contribution is -0.143. The zero-order chi connectivity index (χ0) is 17.4. The third kappa shape index (κ3) is 5.21. The maximum Gasteiger partial charge on any atom is 0.307 e. The first-order chi connectivity index (χ1) is 10.9. The molecule has 23 heavy (non-hydrogen) atoms. The Balaban J connectivity index is 3.08. The first-order valence-corrected chi connectivity index (χ1v) is 7.63. The molecule has 1 aromatic rings. The molecule has 0 bridgehead atoms. The van der Waals surface area contributed by atoms with Gasteiger partial charge in [0, 0.05) is 12.1 Å². The molecule has 0 fully saturated rings. The predicted octanol–water partition coefficient (Wildman–Crippen LogP) is 2.59. The van der Waals surface area contributed by atoms with E-state index in [1.807, 2.05) is 26.0 Å². The van der Waals surface area contributed by atoms with Gasteiger partial charge in [0.15, 0.2) is 5.78 Å². The monoisotopic (exact) mass is 319 g/mol. The number of hydrogen-bond acceptors (Lipinski definition) is 5. The molecule has 0 aliphatic rings. The summed E-state index contributed by atoms with van der Waals surface area (Å²) in [5.74, 6) is 0.182. The van der Waals surface area contributed by atoms with E-state index in [1.165, 1.54) is 0 Å². The van der Waals surface area contributed by atoms with Crippen LogP contribution in [0.1, 0.15) is 34.8 Å². The highest BCUT2D eigenvalue weighted by Crippen LogP contribution is 2.23. The molecule has 0 saturated heterocycles. The van der Waals surface area contributed by atoms with Crippen LogP contribution in [0.2, 0.25) is 0 Å². The van der Waals surface area contributed by atoms with Gasteiger partial charge < -0.3 is 14.8 Å². The van der Waals surface area contributed by atoms with Crippen molar-refractivity contribution in [1.82, 2.24) is 5.32 Å². The summed E-state index contributed by atoms with van der Waals surface area (Å²) in [6, 6.07) is 2.99. The van der Waals surface area contributed by atoms with E-state index in [-0.39, 0.29) is 12.2 Å². The third-order valence-electron chi connectivity index (χ3n) is 3.49. The molecule has 0 saturated carbocycles. The quantitative estimate of drug-likeness (QED) is 0.430. The van der Waals surface area contributed by atoms with Gasteiger partial charge in [0.1, 0.15) is 5.75 Å². The highest BCUT2D eigenvalue weighted by molar-refractivity contribution is 6.04. The SMILES string of the molecule is C=CCNC(CC(=O)OCC)C(=O)c1c(C)cc(OC)cc1C. The normalized spacial score (nSPS) is 11.7. The van der Waals surface area contributed by atoms with Gasteiger partial charge in [-0.1, -0.05) is 6.08 Å². The van der Waals surface area contributed by atoms with Crippen LogP contribution in [0.3, 0.4) is 0 Å². The van der Waals surface area contributed by atoms with E-state index >= 15 is 0 Å². The lowest BCUT2D eigenvalue weighted by Gasteiger charge is -2.19. The Morgan fingerprint density at radius 2 is 1.91 bits per heavy atom. The van der Waals surface area contributed by atoms with Crippen LogP contribution in [-0.4, -0.2) is 38.1 Å². The van der Waals surface area contributed by atoms with E-state index < -0.39 is 12.0 Å². The summed E-state index contributed by atoms with van der Waals surface area (Å²) in [4.78, 5) is 24.6. The van der Waals surface area contributed by atoms with E-state index in [1.54, 1.807) is 20.1 Å². The molecule has 0 aliphatic carbocycles. The van der Waals surface area contributed by atoms with Crippen molar-refractivity contribution < 1.29 is 19.1 Å². The van der Waals surface area contributed by atoms with Crippen LogP contribution >= 0.6 is 0 Å². The molecular weight excluding hydrogens is 294 g/mol. The zero-order valence-electron chi connectivity index (χ0n) is 14.3. The van der Waals surface area contributed by atoms with Crippen LogP contribution in [-0.2, 0) is 9.53 Å². The van der Waals surface area contributed by atoms with Crippen LogP contribution in [0.15, 0.2) is 24.8 Å². The molecule has 126 valence electrons. The van der Waals surface area contributed by atoms with E-state index in [2.05, 4.69) is 11.9 Å². The highest BCUT2D eigenvalue weighted by Gasteiger charge is 2.25. The van der Waals surface area contributed by atoms with Crippen molar-refractivity contribution in [3.05, 3.63) is 41.5 Å². The van der Waals surface area contributed by atoms with Gasteiger partial charge >= 0.3 is 5.97 Å². The van der Waals surface area contributed by atoms with Crippen molar-refractivity contribution in [2.45, 2.75) is 33.2 Å². The molecule has 1 unspecified atom stereocenters. The maximum atomic E-state index is 12.9. The Morgan fingerprint density at radius 3 is 2.39 bits per heavy atom. The van der Waals surface area contributed by atoms with Gasteiger partial charge in [-0.3, -0.25) is 9.59 Å². The molecule has 0 spiro atoms. The van der Waals surface area contributed by atoms with Crippen molar-refractivity contribution in [3.8, 4) is 5.75 Å². The van der Waals surface area contributed by atoms with Crippen molar-refractivity contribution >= 4 is 11.8 Å². The van der Waals surface area contributed by atoms with Gasteiger partial charge in [0.05, 0.1) is 26.2 Å². The van der Waals surface area contributed by atoms with Crippen LogP contribution in [0, 0.1) is 13.8 Å². The summed E-state index contributed by atoms with van der Waals surface area (Å²) >= 11 is 0. The number of carbonyl (C=O) groups excluding carboxylic acids is 2. The largest absolute Gasteiger partial charge is 0.497 e. The Kier molecular flexibility index (Phi) is 7.48. The Hall–Kier alpha value is -2.14. The molecule has 0 aromatic heterocycles. The summed E-state index contributed by atoms with van der Waals surface area (Å²) in [5, 5.41) is 3.04. The van der Waals surface area contributed by atoms with E-state index in [9.17, 15) is 9.59 Å². The summed E-state index contributed by atoms with van der Waals surface area (Å²) in [6.07, 6.45) is 1.64. The first kappa shape index (κ1) is 18.9. The molecular formula is C18H25NO4. The Bertz CT molecular complexity index is 557. The number of nitrogens with one attached hydrogen (secondary N) is 1. The lowest BCUT2D eigenvalue weighted by Crippen LogP contribution is -2.39. The van der Waals surface area contributed by atoms with E-state index in [0.29, 0.717) is 24.5 Å². The smallest absolute Gasteiger partial charge is 0.307 e. The van der Waals surface area contributed by atoms with Crippen LogP contribution in [0.4, 0.5) is 0 Å². The summed E-state index contributed by atoms with van der Waals surface area (Å²) in [7, 11) is 1.59. The number of esters is 1. The summed E-state index contributed by atoms with van der Waals surface area (Å²) in [5.41, 5.74) is 2.25. The highest BCUT2D eigenvalue weighted by atomic mass is 16.5. The second-order valence-electron chi connectivity index (χ2n) is 5.26. The lowest BCUT2D eigenvalue weighted by atomic mass is 9.93. The Morgan fingerprint density at radius 1 is 1.30 bits per heavy atom. The van der Waals surface area contributed by atoms with Gasteiger partial charge in [0.2, 0.25) is 0 Å². The van der Waals surface area contributed by atoms with Gasteiger partial charge in [-0.05, 0) is 44.0 Å². The van der Waals surface area contributed by atoms with Crippen molar-refractivity contribution in [1.29, 1.82) is 0 Å². The number of aryl methyl sites for hydroxylation is 2.